The molecule has 0 aliphatic carbocycles. The first-order chi connectivity index (χ1) is 5.90. The van der Waals surface area contributed by atoms with Crippen LogP contribution in [0.25, 0.3) is 0 Å². The summed E-state index contributed by atoms with van der Waals surface area (Å²) < 4.78 is 5.35. The fourth-order valence-corrected chi connectivity index (χ4v) is 1.33. The van der Waals surface area contributed by atoms with E-state index >= 15 is 0 Å². The van der Waals surface area contributed by atoms with E-state index in [9.17, 15) is 0 Å². The van der Waals surface area contributed by atoms with Crippen LogP contribution in [0.4, 0.5) is 0 Å². The number of ether oxygens (including phenoxy) is 1. The van der Waals surface area contributed by atoms with Gasteiger partial charge in [-0.25, -0.2) is 0 Å². The average Bonchev–Trinajstić information content (AvgIpc) is 2.03. The van der Waals surface area contributed by atoms with Gasteiger partial charge in [-0.05, 0) is 18.1 Å². The van der Waals surface area contributed by atoms with E-state index in [4.69, 9.17) is 4.74 Å². The van der Waals surface area contributed by atoms with E-state index < -0.39 is 0 Å². The normalized spacial score (nSPS) is 21.9. The average molecular weight is 163 g/mol. The molecule has 1 fully saturated rings. The van der Waals surface area contributed by atoms with Crippen molar-refractivity contribution in [3.8, 4) is 0 Å². The molecule has 64 valence electrons. The highest BCUT2D eigenvalue weighted by molar-refractivity contribution is 5.17. The molecular weight excluding hydrogens is 150 g/mol. The highest BCUT2D eigenvalue weighted by Gasteiger charge is 2.19. The third kappa shape index (κ3) is 1.34. The zero-order valence-electron chi connectivity index (χ0n) is 7.29. The molecule has 2 heterocycles. The first kappa shape index (κ1) is 7.74. The Hall–Kier alpha value is -0.890. The maximum absolute atomic E-state index is 5.35. The number of rotatable bonds is 2. The Bertz CT molecular complexity index is 251. The van der Waals surface area contributed by atoms with E-state index in [2.05, 4.69) is 24.0 Å². The topological polar surface area (TPSA) is 22.1 Å². The number of aryl methyl sites for hydroxylation is 1. The number of pyridine rings is 1. The van der Waals surface area contributed by atoms with Crippen LogP contribution < -0.4 is 0 Å². The lowest BCUT2D eigenvalue weighted by atomic mass is 10.1. The van der Waals surface area contributed by atoms with Crippen molar-refractivity contribution in [1.82, 2.24) is 4.98 Å². The Morgan fingerprint density at radius 2 is 2.42 bits per heavy atom. The zero-order valence-corrected chi connectivity index (χ0v) is 7.29. The molecule has 2 heteroatoms. The minimum Gasteiger partial charge on any atom is -0.373 e. The van der Waals surface area contributed by atoms with Gasteiger partial charge in [-0.3, -0.25) is 4.98 Å². The predicted octanol–water partition coefficient (Wildman–Crippen LogP) is 2.11. The quantitative estimate of drug-likeness (QED) is 0.666. The SMILES string of the molecule is CCc1ccc(C2CCO2)cn1. The first-order valence-electron chi connectivity index (χ1n) is 4.46. The van der Waals surface area contributed by atoms with Crippen molar-refractivity contribution in [1.29, 1.82) is 0 Å². The van der Waals surface area contributed by atoms with Gasteiger partial charge in [0.05, 0.1) is 12.7 Å². The fraction of sp³-hybridized carbons (Fsp3) is 0.500. The third-order valence-corrected chi connectivity index (χ3v) is 2.28. The van der Waals surface area contributed by atoms with Crippen LogP contribution >= 0.6 is 0 Å². The van der Waals surface area contributed by atoms with Crippen molar-refractivity contribution < 1.29 is 4.74 Å². The molecule has 1 aliphatic rings. The molecule has 0 spiro atoms. The largest absolute Gasteiger partial charge is 0.373 e. The van der Waals surface area contributed by atoms with Crippen LogP contribution in [-0.4, -0.2) is 11.6 Å². The summed E-state index contributed by atoms with van der Waals surface area (Å²) in [6.07, 6.45) is 4.41. The molecule has 0 aromatic carbocycles. The molecule has 0 amide bonds. The molecule has 1 aromatic heterocycles. The van der Waals surface area contributed by atoms with Crippen LogP contribution in [-0.2, 0) is 11.2 Å². The van der Waals surface area contributed by atoms with E-state index in [1.54, 1.807) is 0 Å². The monoisotopic (exact) mass is 163 g/mol. The third-order valence-electron chi connectivity index (χ3n) is 2.28. The standard InChI is InChI=1S/C10H13NO/c1-2-9-4-3-8(7-11-9)10-5-6-12-10/h3-4,7,10H,2,5-6H2,1H3. The molecule has 1 unspecified atom stereocenters. The lowest BCUT2D eigenvalue weighted by Gasteiger charge is -2.26. The minimum absolute atomic E-state index is 0.323. The highest BCUT2D eigenvalue weighted by Crippen LogP contribution is 2.28. The van der Waals surface area contributed by atoms with Crippen LogP contribution in [0.3, 0.4) is 0 Å². The number of aromatic nitrogens is 1. The Labute approximate surface area is 72.6 Å². The van der Waals surface area contributed by atoms with Crippen molar-refractivity contribution in [3.05, 3.63) is 29.6 Å². The molecule has 1 atom stereocenters. The van der Waals surface area contributed by atoms with Gasteiger partial charge in [0.2, 0.25) is 0 Å². The lowest BCUT2D eigenvalue weighted by Crippen LogP contribution is -2.18. The van der Waals surface area contributed by atoms with Gasteiger partial charge in [-0.15, -0.1) is 0 Å². The van der Waals surface area contributed by atoms with Crippen molar-refractivity contribution in [3.63, 3.8) is 0 Å². The Balaban J connectivity index is 2.13. The molecule has 0 bridgehead atoms. The summed E-state index contributed by atoms with van der Waals surface area (Å²) in [6, 6.07) is 4.20. The zero-order chi connectivity index (χ0) is 8.39. The summed E-state index contributed by atoms with van der Waals surface area (Å²) in [4.78, 5) is 4.32. The molecule has 0 N–H and O–H groups in total. The summed E-state index contributed by atoms with van der Waals surface area (Å²) >= 11 is 0. The van der Waals surface area contributed by atoms with Crippen LogP contribution in [0, 0.1) is 0 Å². The molecule has 1 aliphatic heterocycles. The van der Waals surface area contributed by atoms with Gasteiger partial charge in [-0.2, -0.15) is 0 Å². The van der Waals surface area contributed by atoms with Crippen LogP contribution in [0.2, 0.25) is 0 Å². The highest BCUT2D eigenvalue weighted by atomic mass is 16.5. The molecule has 2 rings (SSSR count). The first-order valence-corrected chi connectivity index (χ1v) is 4.46. The smallest absolute Gasteiger partial charge is 0.0861 e. The number of hydrogen-bond acceptors (Lipinski definition) is 2. The van der Waals surface area contributed by atoms with Crippen LogP contribution in [0.15, 0.2) is 18.3 Å². The Kier molecular flexibility index (Phi) is 2.09. The van der Waals surface area contributed by atoms with Gasteiger partial charge < -0.3 is 4.74 Å². The summed E-state index contributed by atoms with van der Waals surface area (Å²) in [5, 5.41) is 0. The van der Waals surface area contributed by atoms with E-state index in [1.165, 1.54) is 5.56 Å². The van der Waals surface area contributed by atoms with Crippen molar-refractivity contribution in [2.75, 3.05) is 6.61 Å². The van der Waals surface area contributed by atoms with E-state index in [0.29, 0.717) is 6.10 Å². The van der Waals surface area contributed by atoms with Crippen molar-refractivity contribution in [2.45, 2.75) is 25.9 Å². The van der Waals surface area contributed by atoms with Gasteiger partial charge in [0.15, 0.2) is 0 Å². The second-order valence-electron chi connectivity index (χ2n) is 3.08. The van der Waals surface area contributed by atoms with Gasteiger partial charge in [-0.1, -0.05) is 13.0 Å². The van der Waals surface area contributed by atoms with E-state index in [0.717, 1.165) is 25.1 Å². The number of nitrogens with zero attached hydrogens (tertiary/aromatic N) is 1. The van der Waals surface area contributed by atoms with Crippen molar-refractivity contribution in [2.24, 2.45) is 0 Å². The fourth-order valence-electron chi connectivity index (χ4n) is 1.33. The Morgan fingerprint density at radius 3 is 2.83 bits per heavy atom. The second kappa shape index (κ2) is 3.23. The van der Waals surface area contributed by atoms with E-state index in [-0.39, 0.29) is 0 Å². The van der Waals surface area contributed by atoms with Gasteiger partial charge in [0.25, 0.3) is 0 Å². The molecule has 0 saturated carbocycles. The maximum atomic E-state index is 5.35. The molecule has 1 aromatic rings. The summed E-state index contributed by atoms with van der Waals surface area (Å²) in [6.45, 7) is 3.02. The van der Waals surface area contributed by atoms with Gasteiger partial charge in [0, 0.05) is 18.3 Å². The summed E-state index contributed by atoms with van der Waals surface area (Å²) in [5.74, 6) is 0. The van der Waals surface area contributed by atoms with Gasteiger partial charge in [0.1, 0.15) is 0 Å². The molecule has 12 heavy (non-hydrogen) atoms. The van der Waals surface area contributed by atoms with Gasteiger partial charge >= 0.3 is 0 Å². The maximum Gasteiger partial charge on any atom is 0.0861 e. The summed E-state index contributed by atoms with van der Waals surface area (Å²) in [5.41, 5.74) is 2.37. The molecule has 1 saturated heterocycles. The Morgan fingerprint density at radius 1 is 1.58 bits per heavy atom. The number of hydrogen-bond donors (Lipinski definition) is 0. The molecule has 2 nitrogen and oxygen atoms in total. The minimum atomic E-state index is 0.323. The van der Waals surface area contributed by atoms with Crippen LogP contribution in [0.5, 0.6) is 0 Å². The summed E-state index contributed by atoms with van der Waals surface area (Å²) in [7, 11) is 0. The second-order valence-corrected chi connectivity index (χ2v) is 3.08. The predicted molar refractivity (Wildman–Crippen MR) is 46.9 cm³/mol. The van der Waals surface area contributed by atoms with Crippen LogP contribution in [0.1, 0.15) is 30.7 Å². The molecule has 0 radical (unpaired) electrons. The molecular formula is C10H13NO. The lowest BCUT2D eigenvalue weighted by molar-refractivity contribution is -0.0529. The van der Waals surface area contributed by atoms with Crippen molar-refractivity contribution >= 4 is 0 Å². The van der Waals surface area contributed by atoms with E-state index in [1.807, 2.05) is 6.20 Å².